The molecule has 3 heterocycles. The van der Waals surface area contributed by atoms with Crippen LogP contribution in [-0.4, -0.2) is 16.2 Å². The van der Waals surface area contributed by atoms with Crippen molar-refractivity contribution in [1.29, 1.82) is 0 Å². The Bertz CT molecular complexity index is 2590. The molecule has 0 amide bonds. The fourth-order valence-electron chi connectivity index (χ4n) is 7.79. The van der Waals surface area contributed by atoms with Gasteiger partial charge in [0.2, 0.25) is 0 Å². The topological polar surface area (TPSA) is 33.5 Å². The molecule has 2 aromatic heterocycles. The van der Waals surface area contributed by atoms with Gasteiger partial charge < -0.3 is 14.5 Å². The Morgan fingerprint density at radius 3 is 1.84 bits per heavy atom. The van der Waals surface area contributed by atoms with Gasteiger partial charge in [0, 0.05) is 40.5 Å². The van der Waals surface area contributed by atoms with Gasteiger partial charge >= 0.3 is 0 Å². The summed E-state index contributed by atoms with van der Waals surface area (Å²) in [5.41, 5.74) is 10.7. The summed E-state index contributed by atoms with van der Waals surface area (Å²) in [7, 11) is 0. The minimum Gasteiger partial charge on any atom is -0.457 e. The number of anilines is 4. The average Bonchev–Trinajstić information content (AvgIpc) is 3.70. The van der Waals surface area contributed by atoms with E-state index in [0.717, 1.165) is 34.0 Å². The van der Waals surface area contributed by atoms with E-state index in [9.17, 15) is 0 Å². The van der Waals surface area contributed by atoms with Crippen molar-refractivity contribution in [1.82, 2.24) is 9.55 Å². The fourth-order valence-corrected chi connectivity index (χ4v) is 7.79. The van der Waals surface area contributed by atoms with Crippen molar-refractivity contribution < 1.29 is 4.74 Å². The first-order valence-electron chi connectivity index (χ1n) is 20.0. The van der Waals surface area contributed by atoms with Crippen molar-refractivity contribution in [2.24, 2.45) is 5.41 Å². The Kier molecular flexibility index (Phi) is 8.87. The molecular weight excluding hydrogens is 685 g/mol. The van der Waals surface area contributed by atoms with Crippen LogP contribution in [0.25, 0.3) is 27.6 Å². The Labute approximate surface area is 333 Å². The lowest BCUT2D eigenvalue weighted by molar-refractivity contribution is 0.225. The summed E-state index contributed by atoms with van der Waals surface area (Å²) in [4.78, 5) is 9.76. The molecule has 5 aromatic carbocycles. The summed E-state index contributed by atoms with van der Waals surface area (Å²) >= 11 is 0. The zero-order valence-corrected chi connectivity index (χ0v) is 35.0. The summed E-state index contributed by atoms with van der Waals surface area (Å²) in [6.45, 7) is 25.9. The van der Waals surface area contributed by atoms with Gasteiger partial charge in [-0.2, -0.15) is 0 Å². The van der Waals surface area contributed by atoms with Gasteiger partial charge in [-0.25, -0.2) is 4.98 Å². The van der Waals surface area contributed by atoms with Gasteiger partial charge in [0.25, 0.3) is 0 Å². The molecule has 7 aromatic rings. The maximum Gasteiger partial charge on any atom is 0.137 e. The van der Waals surface area contributed by atoms with Gasteiger partial charge in [-0.05, 0) is 105 Å². The number of benzene rings is 5. The fraction of sp³-hybridized carbons (Fsp3) is 0.314. The van der Waals surface area contributed by atoms with Crippen molar-refractivity contribution >= 4 is 44.6 Å². The minimum absolute atomic E-state index is 0.000425. The lowest BCUT2D eigenvalue weighted by atomic mass is 9.65. The number of aromatic nitrogens is 2. The van der Waals surface area contributed by atoms with Crippen LogP contribution >= 0.6 is 0 Å². The monoisotopic (exact) mass is 740 g/mol. The standard InChI is InChI=1S/C51H56N4O/c1-48(2,3)34-25-26-52-47(30-34)55-43-20-13-12-19-41(43)42-24-23-39(32-46(42)55)56-40-29-36(49(4,5)6)28-38(31-40)54-33-53(44-21-14-15-22-45(44)54)37-18-16-17-35(27-37)51(10,11)50(7,8)9/h12-32H,33H2,1-11H3. The Morgan fingerprint density at radius 2 is 1.14 bits per heavy atom. The zero-order chi connectivity index (χ0) is 39.8. The van der Waals surface area contributed by atoms with Gasteiger partial charge in [0.05, 0.1) is 22.4 Å². The summed E-state index contributed by atoms with van der Waals surface area (Å²) < 4.78 is 9.17. The highest BCUT2D eigenvalue weighted by molar-refractivity contribution is 6.09. The van der Waals surface area contributed by atoms with Crippen LogP contribution in [0.2, 0.25) is 0 Å². The van der Waals surface area contributed by atoms with Gasteiger partial charge in [-0.15, -0.1) is 0 Å². The molecule has 0 N–H and O–H groups in total. The predicted octanol–water partition coefficient (Wildman–Crippen LogP) is 14.1. The van der Waals surface area contributed by atoms with E-state index in [2.05, 4.69) is 212 Å². The van der Waals surface area contributed by atoms with Crippen LogP contribution < -0.4 is 14.5 Å². The maximum absolute atomic E-state index is 6.90. The molecule has 0 atom stereocenters. The molecule has 0 bridgehead atoms. The quantitative estimate of drug-likeness (QED) is 0.170. The Morgan fingerprint density at radius 1 is 0.500 bits per heavy atom. The van der Waals surface area contributed by atoms with Gasteiger partial charge in [0.1, 0.15) is 24.0 Å². The van der Waals surface area contributed by atoms with Crippen molar-refractivity contribution in [3.8, 4) is 17.3 Å². The second kappa shape index (κ2) is 13.3. The van der Waals surface area contributed by atoms with Crippen LogP contribution in [0.15, 0.2) is 128 Å². The highest BCUT2D eigenvalue weighted by atomic mass is 16.5. The first kappa shape index (κ1) is 37.4. The molecule has 0 aliphatic carbocycles. The molecule has 0 unspecified atom stereocenters. The Balaban J connectivity index is 1.20. The molecule has 5 heteroatoms. The van der Waals surface area contributed by atoms with Crippen molar-refractivity contribution in [2.75, 3.05) is 16.5 Å². The number of para-hydroxylation sites is 3. The lowest BCUT2D eigenvalue weighted by Gasteiger charge is -2.40. The molecule has 0 spiro atoms. The van der Waals surface area contributed by atoms with E-state index in [0.29, 0.717) is 6.67 Å². The van der Waals surface area contributed by atoms with Crippen LogP contribution in [0.5, 0.6) is 11.5 Å². The van der Waals surface area contributed by atoms with Gasteiger partial charge in [-0.3, -0.25) is 4.57 Å². The third-order valence-electron chi connectivity index (χ3n) is 12.3. The molecule has 56 heavy (non-hydrogen) atoms. The van der Waals surface area contributed by atoms with Crippen molar-refractivity contribution in [2.45, 2.75) is 92.4 Å². The number of pyridine rings is 1. The highest BCUT2D eigenvalue weighted by Gasteiger charge is 2.36. The molecule has 0 radical (unpaired) electrons. The molecule has 286 valence electrons. The molecular formula is C51H56N4O. The van der Waals surface area contributed by atoms with Crippen LogP contribution in [-0.2, 0) is 16.2 Å². The summed E-state index contributed by atoms with van der Waals surface area (Å²) in [6, 6.07) is 44.0. The number of fused-ring (bicyclic) bond motifs is 4. The van der Waals surface area contributed by atoms with E-state index < -0.39 is 0 Å². The van der Waals surface area contributed by atoms with Crippen molar-refractivity contribution in [3.63, 3.8) is 0 Å². The van der Waals surface area contributed by atoms with Crippen molar-refractivity contribution in [3.05, 3.63) is 144 Å². The first-order valence-corrected chi connectivity index (χ1v) is 20.0. The van der Waals surface area contributed by atoms with E-state index in [1.54, 1.807) is 0 Å². The third-order valence-corrected chi connectivity index (χ3v) is 12.3. The van der Waals surface area contributed by atoms with E-state index in [4.69, 9.17) is 9.72 Å². The second-order valence-electron chi connectivity index (χ2n) is 19.2. The minimum atomic E-state index is -0.0972. The van der Waals surface area contributed by atoms with E-state index in [1.807, 2.05) is 6.20 Å². The van der Waals surface area contributed by atoms with E-state index >= 15 is 0 Å². The number of rotatable bonds is 6. The van der Waals surface area contributed by atoms with E-state index in [-0.39, 0.29) is 21.7 Å². The molecule has 0 saturated heterocycles. The van der Waals surface area contributed by atoms with Crippen LogP contribution in [0.1, 0.15) is 92.9 Å². The Hall–Kier alpha value is -5.55. The second-order valence-corrected chi connectivity index (χ2v) is 19.2. The van der Waals surface area contributed by atoms with Crippen LogP contribution in [0.4, 0.5) is 22.7 Å². The summed E-state index contributed by atoms with van der Waals surface area (Å²) in [5, 5.41) is 2.36. The van der Waals surface area contributed by atoms with Gasteiger partial charge in [-0.1, -0.05) is 119 Å². The number of hydrogen-bond acceptors (Lipinski definition) is 4. The lowest BCUT2D eigenvalue weighted by Crippen LogP contribution is -2.34. The molecule has 0 fully saturated rings. The molecule has 1 aliphatic rings. The van der Waals surface area contributed by atoms with Crippen LogP contribution in [0, 0.1) is 5.41 Å². The summed E-state index contributed by atoms with van der Waals surface area (Å²) in [6.07, 6.45) is 1.93. The highest BCUT2D eigenvalue weighted by Crippen LogP contribution is 2.48. The number of ether oxygens (including phenoxy) is 1. The third kappa shape index (κ3) is 6.61. The van der Waals surface area contributed by atoms with Gasteiger partial charge in [0.15, 0.2) is 0 Å². The normalized spacial score (nSPS) is 13.8. The molecule has 8 rings (SSSR count). The molecule has 0 saturated carbocycles. The number of nitrogens with zero attached hydrogens (tertiary/aromatic N) is 4. The SMILES string of the molecule is CC(C)(C)c1cc(Oc2ccc3c4ccccc4n(-c4cc(C(C)(C)C)ccn4)c3c2)cc(N2CN(c3cccc(C(C)(C)C(C)(C)C)c3)c3ccccc32)c1. The summed E-state index contributed by atoms with van der Waals surface area (Å²) in [5.74, 6) is 2.50. The molecule has 1 aliphatic heterocycles. The number of hydrogen-bond donors (Lipinski definition) is 0. The zero-order valence-electron chi connectivity index (χ0n) is 35.0. The van der Waals surface area contributed by atoms with Crippen LogP contribution in [0.3, 0.4) is 0 Å². The largest absolute Gasteiger partial charge is 0.457 e. The van der Waals surface area contributed by atoms with E-state index in [1.165, 1.54) is 44.5 Å². The maximum atomic E-state index is 6.90. The predicted molar refractivity (Wildman–Crippen MR) is 237 cm³/mol. The first-order chi connectivity index (χ1) is 26.4. The molecule has 5 nitrogen and oxygen atoms in total. The average molecular weight is 741 g/mol. The smallest absolute Gasteiger partial charge is 0.137 e.